The van der Waals surface area contributed by atoms with Crippen LogP contribution in [0.3, 0.4) is 0 Å². The molecule has 2 aliphatic heterocycles. The molecular weight excluding hydrogens is 462 g/mol. The number of imide groups is 1. The number of nitrogens with zero attached hydrogens (tertiary/aromatic N) is 2. The van der Waals surface area contributed by atoms with Gasteiger partial charge < -0.3 is 15.0 Å². The summed E-state index contributed by atoms with van der Waals surface area (Å²) in [5.41, 5.74) is 1.23. The first kappa shape index (κ1) is 23.4. The molecule has 2 heterocycles. The van der Waals surface area contributed by atoms with Gasteiger partial charge in [-0.2, -0.15) is 0 Å². The normalized spacial score (nSPS) is 16.1. The van der Waals surface area contributed by atoms with Crippen LogP contribution in [-0.4, -0.2) is 73.8 Å². The van der Waals surface area contributed by atoms with Crippen LogP contribution in [0.2, 0.25) is 0 Å². The summed E-state index contributed by atoms with van der Waals surface area (Å²) in [6, 6.07) is 13.5. The van der Waals surface area contributed by atoms with E-state index in [4.69, 9.17) is 4.74 Å². The Hall–Kier alpha value is -3.73. The van der Waals surface area contributed by atoms with Crippen LogP contribution < -0.4 is 10.1 Å². The van der Waals surface area contributed by atoms with Gasteiger partial charge in [0.15, 0.2) is 16.4 Å². The third kappa shape index (κ3) is 5.25. The van der Waals surface area contributed by atoms with E-state index in [-0.39, 0.29) is 43.2 Å². The third-order valence-electron chi connectivity index (χ3n) is 5.60. The van der Waals surface area contributed by atoms with Gasteiger partial charge >= 0.3 is 0 Å². The number of ether oxygens (including phenoxy) is 1. The molecule has 0 spiro atoms. The van der Waals surface area contributed by atoms with Crippen molar-refractivity contribution in [2.45, 2.75) is 17.7 Å². The highest BCUT2D eigenvalue weighted by atomic mass is 32.2. The quantitative estimate of drug-likeness (QED) is 0.569. The number of sulfone groups is 1. The monoisotopic (exact) mass is 485 g/mol. The first-order valence-corrected chi connectivity index (χ1v) is 12.3. The summed E-state index contributed by atoms with van der Waals surface area (Å²) in [4.78, 5) is 51.2. The minimum atomic E-state index is -3.86. The molecule has 0 atom stereocenters. The van der Waals surface area contributed by atoms with Gasteiger partial charge in [0.2, 0.25) is 17.7 Å². The fraction of sp³-hybridized carbons (Fsp3) is 0.304. The van der Waals surface area contributed by atoms with E-state index >= 15 is 0 Å². The molecule has 11 heteroatoms. The maximum absolute atomic E-state index is 12.7. The van der Waals surface area contributed by atoms with E-state index < -0.39 is 39.2 Å². The van der Waals surface area contributed by atoms with Crippen molar-refractivity contribution in [3.05, 3.63) is 54.1 Å². The van der Waals surface area contributed by atoms with Crippen molar-refractivity contribution in [2.75, 3.05) is 37.3 Å². The fourth-order valence-corrected chi connectivity index (χ4v) is 5.01. The molecule has 0 unspecified atom stereocenters. The van der Waals surface area contributed by atoms with E-state index in [0.29, 0.717) is 12.2 Å². The fourth-order valence-electron chi connectivity index (χ4n) is 3.76. The van der Waals surface area contributed by atoms with Crippen molar-refractivity contribution in [2.24, 2.45) is 0 Å². The van der Waals surface area contributed by atoms with E-state index in [1.807, 2.05) is 30.3 Å². The smallest absolute Gasteiger partial charge is 0.262 e. The average Bonchev–Trinajstić information content (AvgIpc) is 2.82. The predicted octanol–water partition coefficient (Wildman–Crippen LogP) is 0.621. The number of hydrogen-bond donors (Lipinski definition) is 1. The van der Waals surface area contributed by atoms with Crippen molar-refractivity contribution in [1.29, 1.82) is 0 Å². The highest BCUT2D eigenvalue weighted by molar-refractivity contribution is 7.91. The number of anilines is 1. The Bertz CT molecular complexity index is 1230. The van der Waals surface area contributed by atoms with E-state index in [1.165, 1.54) is 18.2 Å². The molecule has 4 rings (SSSR count). The van der Waals surface area contributed by atoms with E-state index in [0.717, 1.165) is 15.4 Å². The molecule has 34 heavy (non-hydrogen) atoms. The minimum absolute atomic E-state index is 0.0669. The van der Waals surface area contributed by atoms with E-state index in [2.05, 4.69) is 5.32 Å². The molecule has 0 aromatic heterocycles. The maximum Gasteiger partial charge on any atom is 0.262 e. The molecule has 0 bridgehead atoms. The molecule has 0 aliphatic carbocycles. The number of carbonyl (C=O) groups is 4. The van der Waals surface area contributed by atoms with Crippen LogP contribution in [0.5, 0.6) is 5.75 Å². The van der Waals surface area contributed by atoms with Crippen LogP contribution in [0, 0.1) is 0 Å². The standard InChI is InChI=1S/C23H23N3O7S/c27-20-15-33-19-7-6-17(12-18(19)24-20)34(31,32)11-9-21(28)25-13-22(29)26(23(30)14-25)10-8-16-4-2-1-3-5-16/h1-7,12H,8-11,13-15H2,(H,24,27). The second kappa shape index (κ2) is 9.64. The third-order valence-corrected chi connectivity index (χ3v) is 7.32. The summed E-state index contributed by atoms with van der Waals surface area (Å²) >= 11 is 0. The number of piperazine rings is 1. The first-order chi connectivity index (χ1) is 16.2. The molecule has 0 saturated carbocycles. The molecule has 1 saturated heterocycles. The largest absolute Gasteiger partial charge is 0.482 e. The van der Waals surface area contributed by atoms with Crippen molar-refractivity contribution in [3.63, 3.8) is 0 Å². The van der Waals surface area contributed by atoms with Gasteiger partial charge in [-0.25, -0.2) is 8.42 Å². The lowest BCUT2D eigenvalue weighted by molar-refractivity contribution is -0.156. The zero-order valence-electron chi connectivity index (χ0n) is 18.2. The summed E-state index contributed by atoms with van der Waals surface area (Å²) in [7, 11) is -3.86. The molecule has 10 nitrogen and oxygen atoms in total. The molecule has 1 N–H and O–H groups in total. The summed E-state index contributed by atoms with van der Waals surface area (Å²) < 4.78 is 30.7. The van der Waals surface area contributed by atoms with Crippen molar-refractivity contribution >= 4 is 39.2 Å². The molecule has 178 valence electrons. The minimum Gasteiger partial charge on any atom is -0.482 e. The predicted molar refractivity (Wildman–Crippen MR) is 121 cm³/mol. The van der Waals surface area contributed by atoms with Crippen LogP contribution in [0.15, 0.2) is 53.4 Å². The summed E-state index contributed by atoms with van der Waals surface area (Å²) in [5.74, 6) is -2.12. The van der Waals surface area contributed by atoms with Gasteiger partial charge in [-0.3, -0.25) is 24.1 Å². The first-order valence-electron chi connectivity index (χ1n) is 10.7. The van der Waals surface area contributed by atoms with Crippen LogP contribution in [-0.2, 0) is 35.4 Å². The summed E-state index contributed by atoms with van der Waals surface area (Å²) in [6.07, 6.45) is 0.129. The number of hydrogen-bond acceptors (Lipinski definition) is 7. The van der Waals surface area contributed by atoms with Gasteiger partial charge in [0.05, 0.1) is 16.3 Å². The second-order valence-electron chi connectivity index (χ2n) is 7.99. The molecular formula is C23H23N3O7S. The van der Waals surface area contributed by atoms with E-state index in [9.17, 15) is 27.6 Å². The lowest BCUT2D eigenvalue weighted by Crippen LogP contribution is -2.56. The Morgan fingerprint density at radius 3 is 2.41 bits per heavy atom. The molecule has 0 radical (unpaired) electrons. The lowest BCUT2D eigenvalue weighted by atomic mass is 10.1. The Kier molecular flexibility index (Phi) is 6.64. The number of nitrogens with one attached hydrogen (secondary N) is 1. The average molecular weight is 486 g/mol. The second-order valence-corrected chi connectivity index (χ2v) is 10.1. The highest BCUT2D eigenvalue weighted by Gasteiger charge is 2.33. The SMILES string of the molecule is O=C1COc2ccc(S(=O)(=O)CCC(=O)N3CC(=O)N(CCc4ccccc4)C(=O)C3)cc2N1. The highest BCUT2D eigenvalue weighted by Crippen LogP contribution is 2.30. The van der Waals surface area contributed by atoms with Gasteiger partial charge in [0, 0.05) is 13.0 Å². The molecule has 2 aromatic rings. The van der Waals surface area contributed by atoms with E-state index in [1.54, 1.807) is 0 Å². The summed E-state index contributed by atoms with van der Waals surface area (Å²) in [6.45, 7) is -0.482. The molecule has 4 amide bonds. The Morgan fingerprint density at radius 1 is 1.00 bits per heavy atom. The lowest BCUT2D eigenvalue weighted by Gasteiger charge is -2.32. The zero-order valence-corrected chi connectivity index (χ0v) is 19.0. The molecule has 2 aliphatic rings. The van der Waals surface area contributed by atoms with Gasteiger partial charge in [0.1, 0.15) is 18.8 Å². The number of fused-ring (bicyclic) bond motifs is 1. The number of rotatable bonds is 7. The van der Waals surface area contributed by atoms with Gasteiger partial charge in [-0.15, -0.1) is 0 Å². The Morgan fingerprint density at radius 2 is 1.71 bits per heavy atom. The van der Waals surface area contributed by atoms with Crippen LogP contribution in [0.25, 0.3) is 0 Å². The van der Waals surface area contributed by atoms with Crippen LogP contribution >= 0.6 is 0 Å². The maximum atomic E-state index is 12.7. The van der Waals surface area contributed by atoms with Gasteiger partial charge in [-0.05, 0) is 30.2 Å². The number of amides is 4. The Labute approximate surface area is 196 Å². The van der Waals surface area contributed by atoms with Gasteiger partial charge in [0.25, 0.3) is 5.91 Å². The van der Waals surface area contributed by atoms with Crippen molar-refractivity contribution in [1.82, 2.24) is 9.80 Å². The number of carbonyl (C=O) groups excluding carboxylic acids is 4. The van der Waals surface area contributed by atoms with Gasteiger partial charge in [-0.1, -0.05) is 30.3 Å². The molecule has 2 aromatic carbocycles. The van der Waals surface area contributed by atoms with Crippen molar-refractivity contribution < 1.29 is 32.3 Å². The summed E-state index contributed by atoms with van der Waals surface area (Å²) in [5, 5.41) is 2.54. The number of benzene rings is 2. The molecule has 1 fully saturated rings. The topological polar surface area (TPSA) is 130 Å². The zero-order chi connectivity index (χ0) is 24.3. The van der Waals surface area contributed by atoms with Crippen LogP contribution in [0.1, 0.15) is 12.0 Å². The van der Waals surface area contributed by atoms with Crippen molar-refractivity contribution in [3.8, 4) is 5.75 Å². The Balaban J connectivity index is 1.33. The van der Waals surface area contributed by atoms with Crippen LogP contribution in [0.4, 0.5) is 5.69 Å².